The first-order valence-electron chi connectivity index (χ1n) is 2.44. The molecule has 1 atom stereocenters. The first-order chi connectivity index (χ1) is 4.15. The van der Waals surface area contributed by atoms with Crippen LogP contribution >= 0.6 is 0 Å². The first-order valence-corrected chi connectivity index (χ1v) is 2.44. The van der Waals surface area contributed by atoms with Crippen LogP contribution in [0.25, 0.3) is 0 Å². The Bertz CT molecular complexity index is 152. The molecule has 0 aromatic carbocycles. The number of carbonyl (C=O) groups is 1. The van der Waals surface area contributed by atoms with Crippen LogP contribution in [0, 0.1) is 0 Å². The van der Waals surface area contributed by atoms with Gasteiger partial charge >= 0.3 is 11.8 Å². The number of hydrogen-bond acceptors (Lipinski definition) is 3. The van der Waals surface area contributed by atoms with Crippen molar-refractivity contribution in [2.24, 2.45) is 0 Å². The Morgan fingerprint density at radius 2 is 2.44 bits per heavy atom. The molecule has 0 saturated heterocycles. The number of aliphatic carboxylic acids is 1. The van der Waals surface area contributed by atoms with Gasteiger partial charge in [0.1, 0.15) is 0 Å². The number of rotatable bonds is 1. The van der Waals surface area contributed by atoms with Gasteiger partial charge in [-0.2, -0.15) is 0 Å². The molecular formula is C5H6O4. The van der Waals surface area contributed by atoms with Crippen LogP contribution in [0.5, 0.6) is 0 Å². The molecule has 4 nitrogen and oxygen atoms in total. The largest absolute Gasteiger partial charge is 0.476 e. The van der Waals surface area contributed by atoms with Gasteiger partial charge in [-0.25, -0.2) is 4.79 Å². The summed E-state index contributed by atoms with van der Waals surface area (Å²) < 4.78 is 4.38. The lowest BCUT2D eigenvalue weighted by atomic mass is 10.2. The summed E-state index contributed by atoms with van der Waals surface area (Å²) >= 11 is 0. The van der Waals surface area contributed by atoms with Crippen molar-refractivity contribution < 1.29 is 19.7 Å². The molecule has 0 spiro atoms. The highest BCUT2D eigenvalue weighted by atomic mass is 16.6. The monoisotopic (exact) mass is 130 g/mol. The zero-order valence-electron chi connectivity index (χ0n) is 4.57. The van der Waals surface area contributed by atoms with E-state index >= 15 is 0 Å². The van der Waals surface area contributed by atoms with Gasteiger partial charge in [0.2, 0.25) is 0 Å². The van der Waals surface area contributed by atoms with Crippen molar-refractivity contribution in [3.8, 4) is 0 Å². The summed E-state index contributed by atoms with van der Waals surface area (Å²) in [5.74, 6) is -3.35. The summed E-state index contributed by atoms with van der Waals surface area (Å²) in [5.41, 5.74) is 0. The van der Waals surface area contributed by atoms with Crippen LogP contribution in [-0.2, 0) is 9.53 Å². The predicted molar refractivity (Wildman–Crippen MR) is 27.4 cm³/mol. The molecule has 0 aromatic rings. The highest BCUT2D eigenvalue weighted by molar-refractivity contribution is 5.76. The normalized spacial score (nSPS) is 32.1. The second-order valence-electron chi connectivity index (χ2n) is 1.78. The number of ether oxygens (including phenoxy) is 1. The Labute approximate surface area is 51.4 Å². The average molecular weight is 130 g/mol. The van der Waals surface area contributed by atoms with Gasteiger partial charge in [0.15, 0.2) is 0 Å². The van der Waals surface area contributed by atoms with E-state index < -0.39 is 11.8 Å². The van der Waals surface area contributed by atoms with Crippen molar-refractivity contribution in [3.63, 3.8) is 0 Å². The molecule has 1 rings (SSSR count). The predicted octanol–water partition coefficient (Wildman–Crippen LogP) is -0.306. The smallest absolute Gasteiger partial charge is 0.377 e. The summed E-state index contributed by atoms with van der Waals surface area (Å²) in [5, 5.41) is 17.1. The van der Waals surface area contributed by atoms with Gasteiger partial charge in [0.25, 0.3) is 0 Å². The quantitative estimate of drug-likeness (QED) is 0.511. The second kappa shape index (κ2) is 1.73. The minimum Gasteiger partial charge on any atom is -0.476 e. The fourth-order valence-corrected chi connectivity index (χ4v) is 0.554. The number of hydrogen-bond donors (Lipinski definition) is 2. The topological polar surface area (TPSA) is 66.8 Å². The van der Waals surface area contributed by atoms with E-state index in [0.717, 1.165) is 0 Å². The maximum atomic E-state index is 10.1. The molecule has 1 aliphatic heterocycles. The lowest BCUT2D eigenvalue weighted by Crippen LogP contribution is -2.37. The Morgan fingerprint density at radius 1 is 1.78 bits per heavy atom. The molecule has 1 heterocycles. The van der Waals surface area contributed by atoms with Crippen LogP contribution in [0.4, 0.5) is 0 Å². The van der Waals surface area contributed by atoms with E-state index in [9.17, 15) is 4.79 Å². The van der Waals surface area contributed by atoms with Crippen LogP contribution in [0.1, 0.15) is 6.42 Å². The fraction of sp³-hybridized carbons (Fsp3) is 0.400. The zero-order chi connectivity index (χ0) is 6.91. The highest BCUT2D eigenvalue weighted by Gasteiger charge is 2.39. The maximum absolute atomic E-state index is 10.1. The number of carboxylic acid groups (broad SMARTS) is 1. The van der Waals surface area contributed by atoms with Gasteiger partial charge in [-0.05, 0) is 6.08 Å². The van der Waals surface area contributed by atoms with Crippen LogP contribution < -0.4 is 0 Å². The zero-order valence-corrected chi connectivity index (χ0v) is 4.57. The second-order valence-corrected chi connectivity index (χ2v) is 1.78. The number of carboxylic acids is 1. The molecule has 0 bridgehead atoms. The van der Waals surface area contributed by atoms with Gasteiger partial charge in [-0.15, -0.1) is 0 Å². The summed E-state index contributed by atoms with van der Waals surface area (Å²) in [7, 11) is 0. The van der Waals surface area contributed by atoms with Crippen LogP contribution in [-0.4, -0.2) is 22.0 Å². The number of aliphatic hydroxyl groups is 1. The lowest BCUT2D eigenvalue weighted by Gasteiger charge is -2.14. The van der Waals surface area contributed by atoms with Gasteiger partial charge < -0.3 is 14.9 Å². The van der Waals surface area contributed by atoms with Crippen molar-refractivity contribution in [2.45, 2.75) is 12.2 Å². The summed E-state index contributed by atoms with van der Waals surface area (Å²) in [6, 6.07) is 0. The standard InChI is InChI=1S/C5H6O4/c6-4(7)5(8)2-1-3-9-5/h1,3,8H,2H2,(H,6,7). The molecule has 50 valence electrons. The summed E-state index contributed by atoms with van der Waals surface area (Å²) in [6.45, 7) is 0. The molecule has 0 aliphatic carbocycles. The summed E-state index contributed by atoms with van der Waals surface area (Å²) in [6.07, 6.45) is 2.64. The third-order valence-electron chi connectivity index (χ3n) is 1.09. The van der Waals surface area contributed by atoms with Gasteiger partial charge in [-0.1, -0.05) is 0 Å². The van der Waals surface area contributed by atoms with Gasteiger partial charge in [-0.3, -0.25) is 0 Å². The van der Waals surface area contributed by atoms with E-state index in [1.54, 1.807) is 0 Å². The van der Waals surface area contributed by atoms with Crippen molar-refractivity contribution in [3.05, 3.63) is 12.3 Å². The van der Waals surface area contributed by atoms with Crippen molar-refractivity contribution in [1.82, 2.24) is 0 Å². The fourth-order valence-electron chi connectivity index (χ4n) is 0.554. The molecule has 1 unspecified atom stereocenters. The molecule has 0 aromatic heterocycles. The molecule has 1 aliphatic rings. The Balaban J connectivity index is 2.66. The average Bonchev–Trinajstić information content (AvgIpc) is 2.16. The van der Waals surface area contributed by atoms with Crippen molar-refractivity contribution in [2.75, 3.05) is 0 Å². The van der Waals surface area contributed by atoms with Crippen LogP contribution in [0.15, 0.2) is 12.3 Å². The maximum Gasteiger partial charge on any atom is 0.377 e. The van der Waals surface area contributed by atoms with E-state index in [-0.39, 0.29) is 6.42 Å². The van der Waals surface area contributed by atoms with E-state index in [0.29, 0.717) is 0 Å². The van der Waals surface area contributed by atoms with E-state index in [4.69, 9.17) is 10.2 Å². The van der Waals surface area contributed by atoms with E-state index in [2.05, 4.69) is 4.74 Å². The first kappa shape index (κ1) is 6.10. The minimum atomic E-state index is -2.00. The molecule has 4 heteroatoms. The Kier molecular flexibility index (Phi) is 1.17. The van der Waals surface area contributed by atoms with Crippen molar-refractivity contribution in [1.29, 1.82) is 0 Å². The van der Waals surface area contributed by atoms with Gasteiger partial charge in [0, 0.05) is 6.42 Å². The molecule has 0 fully saturated rings. The Hall–Kier alpha value is -1.03. The third-order valence-corrected chi connectivity index (χ3v) is 1.09. The lowest BCUT2D eigenvalue weighted by molar-refractivity contribution is -0.198. The molecule has 9 heavy (non-hydrogen) atoms. The molecule has 0 saturated carbocycles. The van der Waals surface area contributed by atoms with E-state index in [1.807, 2.05) is 0 Å². The van der Waals surface area contributed by atoms with Crippen LogP contribution in [0.2, 0.25) is 0 Å². The van der Waals surface area contributed by atoms with Crippen molar-refractivity contribution >= 4 is 5.97 Å². The molecule has 0 radical (unpaired) electrons. The van der Waals surface area contributed by atoms with Gasteiger partial charge in [0.05, 0.1) is 6.26 Å². The minimum absolute atomic E-state index is 0.0162. The third kappa shape index (κ3) is 0.882. The SMILES string of the molecule is O=C(O)C1(O)CC=CO1. The molecular weight excluding hydrogens is 124 g/mol. The Morgan fingerprint density at radius 3 is 2.67 bits per heavy atom. The van der Waals surface area contributed by atoms with E-state index in [1.165, 1.54) is 12.3 Å². The molecule has 0 amide bonds. The molecule has 2 N–H and O–H groups in total. The summed E-state index contributed by atoms with van der Waals surface area (Å²) in [4.78, 5) is 10.1. The highest BCUT2D eigenvalue weighted by Crippen LogP contribution is 2.19. The van der Waals surface area contributed by atoms with Crippen LogP contribution in [0.3, 0.4) is 0 Å².